The molecule has 6 heteroatoms. The number of alkyl halides is 1. The smallest absolute Gasteiger partial charge is 0.234 e. The Morgan fingerprint density at radius 3 is 2.79 bits per heavy atom. The van der Waals surface area contributed by atoms with Crippen molar-refractivity contribution in [3.05, 3.63) is 12.4 Å². The van der Waals surface area contributed by atoms with Crippen LogP contribution in [0.3, 0.4) is 0 Å². The lowest BCUT2D eigenvalue weighted by atomic mass is 9.92. The highest BCUT2D eigenvalue weighted by Gasteiger charge is 2.32. The molecule has 0 spiro atoms. The number of rotatable bonds is 5. The molecule has 1 aliphatic heterocycles. The molecule has 0 unspecified atom stereocenters. The minimum absolute atomic E-state index is 0.0783. The summed E-state index contributed by atoms with van der Waals surface area (Å²) in [6.45, 7) is 5.35. The van der Waals surface area contributed by atoms with Gasteiger partial charge in [-0.1, -0.05) is 0 Å². The van der Waals surface area contributed by atoms with Crippen LogP contribution in [0.2, 0.25) is 0 Å². The van der Waals surface area contributed by atoms with Crippen LogP contribution in [0.1, 0.15) is 26.7 Å². The molecule has 1 aliphatic rings. The Balaban J connectivity index is 2.08. The van der Waals surface area contributed by atoms with Crippen LogP contribution in [0, 0.1) is 0 Å². The van der Waals surface area contributed by atoms with Gasteiger partial charge in [-0.2, -0.15) is 4.98 Å². The van der Waals surface area contributed by atoms with Gasteiger partial charge in [0.15, 0.2) is 0 Å². The predicted molar refractivity (Wildman–Crippen MR) is 74.9 cm³/mol. The number of ether oxygens (including phenoxy) is 2. The average molecular weight is 286 g/mol. The number of nitrogens with zero attached hydrogens (tertiary/aromatic N) is 2. The molecule has 106 valence electrons. The van der Waals surface area contributed by atoms with E-state index in [4.69, 9.17) is 21.1 Å². The van der Waals surface area contributed by atoms with Crippen LogP contribution >= 0.6 is 11.6 Å². The average Bonchev–Trinajstić information content (AvgIpc) is 2.39. The molecule has 1 saturated heterocycles. The standard InChI is InChI=1S/C13H20ClN3O2/c1-10(2)19-12-8-15-7-11(16-12)17-13(9-14)3-5-18-6-4-13/h7-8,10H,3-6,9H2,1-2H3,(H,16,17). The molecule has 1 N–H and O–H groups in total. The Morgan fingerprint density at radius 2 is 2.16 bits per heavy atom. The molecule has 0 atom stereocenters. The van der Waals surface area contributed by atoms with Gasteiger partial charge >= 0.3 is 0 Å². The van der Waals surface area contributed by atoms with E-state index in [9.17, 15) is 0 Å². The van der Waals surface area contributed by atoms with Crippen molar-refractivity contribution in [2.24, 2.45) is 0 Å². The summed E-state index contributed by atoms with van der Waals surface area (Å²) in [5.41, 5.74) is -0.162. The molecule has 0 aliphatic carbocycles. The second kappa shape index (κ2) is 6.39. The lowest BCUT2D eigenvalue weighted by Crippen LogP contribution is -2.45. The van der Waals surface area contributed by atoms with E-state index in [2.05, 4.69) is 15.3 Å². The first-order valence-corrected chi connectivity index (χ1v) is 7.08. The number of hydrogen-bond acceptors (Lipinski definition) is 5. The molecule has 0 saturated carbocycles. The Hall–Kier alpha value is -1.07. The van der Waals surface area contributed by atoms with Crippen molar-refractivity contribution in [1.29, 1.82) is 0 Å². The van der Waals surface area contributed by atoms with Crippen LogP contribution in [0.15, 0.2) is 12.4 Å². The van der Waals surface area contributed by atoms with Gasteiger partial charge in [-0.15, -0.1) is 11.6 Å². The summed E-state index contributed by atoms with van der Waals surface area (Å²) in [5, 5.41) is 3.39. The summed E-state index contributed by atoms with van der Waals surface area (Å²) in [4.78, 5) is 8.55. The molecule has 19 heavy (non-hydrogen) atoms. The van der Waals surface area contributed by atoms with Crippen LogP contribution in [0.4, 0.5) is 5.82 Å². The topological polar surface area (TPSA) is 56.3 Å². The predicted octanol–water partition coefficient (Wildman–Crippen LogP) is 2.46. The lowest BCUT2D eigenvalue weighted by Gasteiger charge is -2.36. The Morgan fingerprint density at radius 1 is 1.42 bits per heavy atom. The molecule has 1 fully saturated rings. The first-order chi connectivity index (χ1) is 9.13. The van der Waals surface area contributed by atoms with E-state index in [-0.39, 0.29) is 11.6 Å². The van der Waals surface area contributed by atoms with Crippen molar-refractivity contribution in [3.8, 4) is 5.88 Å². The van der Waals surface area contributed by atoms with Crippen molar-refractivity contribution in [2.75, 3.05) is 24.4 Å². The first-order valence-electron chi connectivity index (χ1n) is 6.54. The van der Waals surface area contributed by atoms with Crippen molar-refractivity contribution in [1.82, 2.24) is 9.97 Å². The molecule has 2 heterocycles. The van der Waals surface area contributed by atoms with Crippen LogP contribution in [0.25, 0.3) is 0 Å². The van der Waals surface area contributed by atoms with Crippen molar-refractivity contribution < 1.29 is 9.47 Å². The minimum Gasteiger partial charge on any atom is -0.474 e. The second-order valence-electron chi connectivity index (χ2n) is 5.06. The van der Waals surface area contributed by atoms with E-state index in [1.165, 1.54) is 0 Å². The van der Waals surface area contributed by atoms with Gasteiger partial charge in [-0.3, -0.25) is 4.98 Å². The quantitative estimate of drug-likeness (QED) is 0.842. The first kappa shape index (κ1) is 14.3. The van der Waals surface area contributed by atoms with Crippen LogP contribution in [-0.2, 0) is 4.74 Å². The van der Waals surface area contributed by atoms with Crippen LogP contribution < -0.4 is 10.1 Å². The molecule has 1 aromatic rings. The number of hydrogen-bond donors (Lipinski definition) is 1. The highest BCUT2D eigenvalue weighted by Crippen LogP contribution is 2.27. The summed E-state index contributed by atoms with van der Waals surface area (Å²) < 4.78 is 10.9. The van der Waals surface area contributed by atoms with E-state index in [0.29, 0.717) is 17.6 Å². The number of halogens is 1. The van der Waals surface area contributed by atoms with Crippen molar-refractivity contribution in [3.63, 3.8) is 0 Å². The van der Waals surface area contributed by atoms with E-state index < -0.39 is 0 Å². The fraction of sp³-hybridized carbons (Fsp3) is 0.692. The van der Waals surface area contributed by atoms with Gasteiger partial charge in [0.25, 0.3) is 0 Å². The Bertz CT molecular complexity index is 409. The molecule has 0 amide bonds. The number of anilines is 1. The molecular weight excluding hydrogens is 266 g/mol. The monoisotopic (exact) mass is 285 g/mol. The summed E-state index contributed by atoms with van der Waals surface area (Å²) in [7, 11) is 0. The normalized spacial score (nSPS) is 18.3. The highest BCUT2D eigenvalue weighted by atomic mass is 35.5. The Labute approximate surface area is 118 Å². The van der Waals surface area contributed by atoms with Gasteiger partial charge in [0, 0.05) is 19.1 Å². The number of aromatic nitrogens is 2. The molecule has 0 aromatic carbocycles. The largest absolute Gasteiger partial charge is 0.474 e. The van der Waals surface area contributed by atoms with Gasteiger partial charge in [0.2, 0.25) is 5.88 Å². The molecular formula is C13H20ClN3O2. The van der Waals surface area contributed by atoms with E-state index in [1.54, 1.807) is 12.4 Å². The minimum atomic E-state index is -0.162. The van der Waals surface area contributed by atoms with E-state index in [1.807, 2.05) is 13.8 Å². The second-order valence-corrected chi connectivity index (χ2v) is 5.33. The fourth-order valence-corrected chi connectivity index (χ4v) is 2.37. The SMILES string of the molecule is CC(C)Oc1cncc(NC2(CCl)CCOCC2)n1. The maximum Gasteiger partial charge on any atom is 0.234 e. The molecule has 1 aromatic heterocycles. The zero-order valence-electron chi connectivity index (χ0n) is 11.4. The summed E-state index contributed by atoms with van der Waals surface area (Å²) in [6, 6.07) is 0. The van der Waals surface area contributed by atoms with Crippen LogP contribution in [-0.4, -0.2) is 40.7 Å². The molecule has 0 bridgehead atoms. The van der Waals surface area contributed by atoms with Gasteiger partial charge in [0.1, 0.15) is 5.82 Å². The maximum atomic E-state index is 6.11. The molecule has 5 nitrogen and oxygen atoms in total. The van der Waals surface area contributed by atoms with Crippen LogP contribution in [0.5, 0.6) is 5.88 Å². The zero-order valence-corrected chi connectivity index (χ0v) is 12.1. The van der Waals surface area contributed by atoms with Gasteiger partial charge in [-0.25, -0.2) is 0 Å². The van der Waals surface area contributed by atoms with Gasteiger partial charge in [0.05, 0.1) is 24.0 Å². The zero-order chi connectivity index (χ0) is 13.7. The maximum absolute atomic E-state index is 6.11. The summed E-state index contributed by atoms with van der Waals surface area (Å²) in [6.07, 6.45) is 5.12. The molecule has 2 rings (SSSR count). The third-order valence-electron chi connectivity index (χ3n) is 3.07. The number of nitrogens with one attached hydrogen (secondary N) is 1. The Kier molecular flexibility index (Phi) is 4.82. The van der Waals surface area contributed by atoms with E-state index >= 15 is 0 Å². The third kappa shape index (κ3) is 3.94. The van der Waals surface area contributed by atoms with Crippen molar-refractivity contribution in [2.45, 2.75) is 38.3 Å². The van der Waals surface area contributed by atoms with E-state index in [0.717, 1.165) is 26.1 Å². The summed E-state index contributed by atoms with van der Waals surface area (Å²) in [5.74, 6) is 1.74. The highest BCUT2D eigenvalue weighted by molar-refractivity contribution is 6.18. The fourth-order valence-electron chi connectivity index (χ4n) is 2.03. The lowest BCUT2D eigenvalue weighted by molar-refractivity contribution is 0.0666. The van der Waals surface area contributed by atoms with Gasteiger partial charge in [-0.05, 0) is 26.7 Å². The summed E-state index contributed by atoms with van der Waals surface area (Å²) >= 11 is 6.11. The molecule has 0 radical (unpaired) electrons. The third-order valence-corrected chi connectivity index (χ3v) is 3.58. The van der Waals surface area contributed by atoms with Crippen molar-refractivity contribution >= 4 is 17.4 Å². The van der Waals surface area contributed by atoms with Gasteiger partial charge < -0.3 is 14.8 Å².